The van der Waals surface area contributed by atoms with E-state index < -0.39 is 0 Å². The molecule has 1 radical (unpaired) electrons. The van der Waals surface area contributed by atoms with Gasteiger partial charge >= 0.3 is 0 Å². The maximum absolute atomic E-state index is 2.24. The topological polar surface area (TPSA) is 3.24 Å². The Morgan fingerprint density at radius 3 is 1.86 bits per heavy atom. The van der Waals surface area contributed by atoms with E-state index in [1.807, 2.05) is 0 Å². The van der Waals surface area contributed by atoms with Gasteiger partial charge in [-0.1, -0.05) is 45.0 Å². The standard InChI is InChI=1S/C12H19NP/c1-12(2,3)10-6-8-11(9-7-10)14-13(4)5/h6-9H,1-5H3. The maximum Gasteiger partial charge on any atom is 0.0415 e. The minimum Gasteiger partial charge on any atom is -0.280 e. The fraction of sp³-hybridized carbons (Fsp3) is 0.500. The summed E-state index contributed by atoms with van der Waals surface area (Å²) in [4.78, 5) is 0. The Balaban J connectivity index is 2.79. The van der Waals surface area contributed by atoms with Crippen LogP contribution >= 0.6 is 8.73 Å². The molecule has 0 heterocycles. The lowest BCUT2D eigenvalue weighted by Gasteiger charge is -2.19. The molecule has 0 N–H and O–H groups in total. The first-order valence-corrected chi connectivity index (χ1v) is 5.74. The van der Waals surface area contributed by atoms with Crippen molar-refractivity contribution in [3.8, 4) is 0 Å². The predicted octanol–water partition coefficient (Wildman–Crippen LogP) is 3.03. The summed E-state index contributed by atoms with van der Waals surface area (Å²) >= 11 is 0. The molecule has 0 bridgehead atoms. The highest BCUT2D eigenvalue weighted by Gasteiger charge is 2.12. The average molecular weight is 208 g/mol. The van der Waals surface area contributed by atoms with Crippen LogP contribution in [0.15, 0.2) is 24.3 Å². The zero-order valence-corrected chi connectivity index (χ0v) is 10.6. The molecule has 1 nitrogen and oxygen atoms in total. The predicted molar refractivity (Wildman–Crippen MR) is 65.4 cm³/mol. The Morgan fingerprint density at radius 1 is 1.00 bits per heavy atom. The third-order valence-corrected chi connectivity index (χ3v) is 2.98. The molecule has 0 aliphatic carbocycles. The lowest BCUT2D eigenvalue weighted by Crippen LogP contribution is -2.12. The lowest BCUT2D eigenvalue weighted by atomic mass is 9.87. The van der Waals surface area contributed by atoms with Crippen LogP contribution in [0.5, 0.6) is 0 Å². The van der Waals surface area contributed by atoms with Crippen molar-refractivity contribution in [2.24, 2.45) is 0 Å². The van der Waals surface area contributed by atoms with Crippen molar-refractivity contribution in [1.82, 2.24) is 4.67 Å². The van der Waals surface area contributed by atoms with E-state index in [0.717, 1.165) is 0 Å². The molecule has 0 aliphatic heterocycles. The Kier molecular flexibility index (Phi) is 3.69. The molecule has 0 aromatic heterocycles. The van der Waals surface area contributed by atoms with Crippen molar-refractivity contribution in [2.75, 3.05) is 14.1 Å². The number of benzene rings is 1. The highest BCUT2D eigenvalue weighted by atomic mass is 31.1. The van der Waals surface area contributed by atoms with Gasteiger partial charge in [-0.15, -0.1) is 0 Å². The molecular formula is C12H19NP. The lowest BCUT2D eigenvalue weighted by molar-refractivity contribution is 0.590. The van der Waals surface area contributed by atoms with Crippen molar-refractivity contribution < 1.29 is 0 Å². The van der Waals surface area contributed by atoms with E-state index >= 15 is 0 Å². The Labute approximate surface area is 89.4 Å². The van der Waals surface area contributed by atoms with Gasteiger partial charge in [-0.25, -0.2) is 0 Å². The zero-order valence-electron chi connectivity index (χ0n) is 9.70. The molecule has 0 saturated heterocycles. The van der Waals surface area contributed by atoms with E-state index in [-0.39, 0.29) is 5.41 Å². The SMILES string of the molecule is CN(C)[P]c1ccc(C(C)(C)C)cc1. The first-order chi connectivity index (χ1) is 6.39. The van der Waals surface area contributed by atoms with Crippen LogP contribution in [0.25, 0.3) is 0 Å². The molecule has 0 fully saturated rings. The quantitative estimate of drug-likeness (QED) is 0.675. The summed E-state index contributed by atoms with van der Waals surface area (Å²) in [6.07, 6.45) is 0. The average Bonchev–Trinajstić information content (AvgIpc) is 2.02. The molecular weight excluding hydrogens is 189 g/mol. The highest BCUT2D eigenvalue weighted by Crippen LogP contribution is 2.22. The van der Waals surface area contributed by atoms with Crippen molar-refractivity contribution in [2.45, 2.75) is 26.2 Å². The summed E-state index contributed by atoms with van der Waals surface area (Å²) in [6.45, 7) is 6.73. The van der Waals surface area contributed by atoms with E-state index in [1.54, 1.807) is 0 Å². The van der Waals surface area contributed by atoms with Crippen LogP contribution in [0.2, 0.25) is 0 Å². The number of nitrogens with zero attached hydrogens (tertiary/aromatic N) is 1. The second-order valence-corrected chi connectivity index (χ2v) is 6.26. The van der Waals surface area contributed by atoms with Gasteiger partial charge in [0.2, 0.25) is 0 Å². The first-order valence-electron chi connectivity index (χ1n) is 4.89. The Bertz CT molecular complexity index is 282. The summed E-state index contributed by atoms with van der Waals surface area (Å²) in [5.41, 5.74) is 1.66. The van der Waals surface area contributed by atoms with Crippen LogP contribution in [0, 0.1) is 0 Å². The van der Waals surface area contributed by atoms with Crippen LogP contribution in [0.3, 0.4) is 0 Å². The van der Waals surface area contributed by atoms with Crippen LogP contribution < -0.4 is 5.30 Å². The third-order valence-electron chi connectivity index (χ3n) is 2.05. The normalized spacial score (nSPS) is 13.0. The van der Waals surface area contributed by atoms with Gasteiger partial charge in [0.25, 0.3) is 0 Å². The van der Waals surface area contributed by atoms with Crippen LogP contribution in [0.1, 0.15) is 26.3 Å². The second kappa shape index (κ2) is 4.42. The van der Waals surface area contributed by atoms with E-state index in [0.29, 0.717) is 0 Å². The van der Waals surface area contributed by atoms with Crippen LogP contribution in [-0.2, 0) is 5.41 Å². The van der Waals surface area contributed by atoms with Gasteiger partial charge in [0, 0.05) is 8.73 Å². The van der Waals surface area contributed by atoms with Gasteiger partial charge in [0.1, 0.15) is 0 Å². The first kappa shape index (κ1) is 11.7. The number of rotatable bonds is 2. The fourth-order valence-corrected chi connectivity index (χ4v) is 2.00. The Hall–Kier alpha value is -0.390. The fourth-order valence-electron chi connectivity index (χ4n) is 1.26. The molecule has 1 aromatic rings. The van der Waals surface area contributed by atoms with Gasteiger partial charge in [-0.2, -0.15) is 0 Å². The minimum atomic E-state index is 0.257. The molecule has 0 amide bonds. The molecule has 0 spiro atoms. The number of hydrogen-bond acceptors (Lipinski definition) is 1. The van der Waals surface area contributed by atoms with Gasteiger partial charge < -0.3 is 0 Å². The van der Waals surface area contributed by atoms with Crippen molar-refractivity contribution in [3.05, 3.63) is 29.8 Å². The minimum absolute atomic E-state index is 0.257. The zero-order chi connectivity index (χ0) is 10.8. The van der Waals surface area contributed by atoms with Crippen molar-refractivity contribution >= 4 is 14.0 Å². The second-order valence-electron chi connectivity index (χ2n) is 4.74. The third kappa shape index (κ3) is 3.40. The molecule has 2 heteroatoms. The smallest absolute Gasteiger partial charge is 0.0415 e. The van der Waals surface area contributed by atoms with E-state index in [2.05, 4.69) is 63.8 Å². The summed E-state index contributed by atoms with van der Waals surface area (Å²) in [5.74, 6) is 0. The maximum atomic E-state index is 2.24. The van der Waals surface area contributed by atoms with E-state index in [1.165, 1.54) is 19.6 Å². The summed E-state index contributed by atoms with van der Waals surface area (Å²) in [6, 6.07) is 8.88. The molecule has 1 rings (SSSR count). The molecule has 14 heavy (non-hydrogen) atoms. The number of hydrogen-bond donors (Lipinski definition) is 0. The molecule has 0 saturated carbocycles. The molecule has 0 aliphatic rings. The van der Waals surface area contributed by atoms with Gasteiger partial charge in [-0.05, 0) is 30.4 Å². The molecule has 1 aromatic carbocycles. The van der Waals surface area contributed by atoms with Crippen LogP contribution in [0.4, 0.5) is 0 Å². The van der Waals surface area contributed by atoms with Gasteiger partial charge in [-0.3, -0.25) is 4.67 Å². The monoisotopic (exact) mass is 208 g/mol. The highest BCUT2D eigenvalue weighted by molar-refractivity contribution is 7.44. The Morgan fingerprint density at radius 2 is 1.50 bits per heavy atom. The van der Waals surface area contributed by atoms with Gasteiger partial charge in [0.15, 0.2) is 0 Å². The molecule has 0 unspecified atom stereocenters. The van der Waals surface area contributed by atoms with E-state index in [9.17, 15) is 0 Å². The summed E-state index contributed by atoms with van der Waals surface area (Å²) in [7, 11) is 5.43. The summed E-state index contributed by atoms with van der Waals surface area (Å²) < 4.78 is 2.16. The van der Waals surface area contributed by atoms with Crippen molar-refractivity contribution in [3.63, 3.8) is 0 Å². The van der Waals surface area contributed by atoms with Crippen molar-refractivity contribution in [1.29, 1.82) is 0 Å². The van der Waals surface area contributed by atoms with Gasteiger partial charge in [0.05, 0.1) is 0 Å². The molecule has 77 valence electrons. The van der Waals surface area contributed by atoms with Crippen LogP contribution in [-0.4, -0.2) is 18.8 Å². The van der Waals surface area contributed by atoms with E-state index in [4.69, 9.17) is 0 Å². The largest absolute Gasteiger partial charge is 0.280 e. The molecule has 0 atom stereocenters. The summed E-state index contributed by atoms with van der Waals surface area (Å²) in [5, 5.41) is 1.35.